The van der Waals surface area contributed by atoms with Crippen molar-refractivity contribution in [1.29, 1.82) is 0 Å². The van der Waals surface area contributed by atoms with E-state index in [4.69, 9.17) is 4.74 Å². The molecule has 3 atom stereocenters. The Labute approximate surface area is 217 Å². The number of nitrogens with one attached hydrogen (secondary N) is 1. The minimum Gasteiger partial charge on any atom is -0.489 e. The van der Waals surface area contributed by atoms with Crippen LogP contribution in [-0.2, 0) is 29.2 Å². The van der Waals surface area contributed by atoms with E-state index in [1.165, 1.54) is 19.1 Å². The molecule has 1 aliphatic rings. The first-order chi connectivity index (χ1) is 17.9. The number of benzene rings is 3. The molecule has 2 N–H and O–H groups in total. The maximum absolute atomic E-state index is 14.5. The number of hydrogen-bond donors (Lipinski definition) is 2. The van der Waals surface area contributed by atoms with Crippen molar-refractivity contribution in [3.05, 3.63) is 101 Å². The number of rotatable bonds is 10. The van der Waals surface area contributed by atoms with Crippen LogP contribution in [0, 0.1) is 11.7 Å². The summed E-state index contributed by atoms with van der Waals surface area (Å²) < 4.78 is 20.2. The number of halogens is 1. The van der Waals surface area contributed by atoms with E-state index in [2.05, 4.69) is 5.32 Å². The van der Waals surface area contributed by atoms with Crippen LogP contribution in [0.3, 0.4) is 0 Å². The molecular weight excluding hydrogens is 471 g/mol. The fourth-order valence-electron chi connectivity index (χ4n) is 4.86. The van der Waals surface area contributed by atoms with Crippen molar-refractivity contribution in [2.45, 2.75) is 51.5 Å². The van der Waals surface area contributed by atoms with E-state index in [-0.39, 0.29) is 24.8 Å². The van der Waals surface area contributed by atoms with E-state index in [1.54, 1.807) is 11.0 Å². The molecule has 1 heterocycles. The summed E-state index contributed by atoms with van der Waals surface area (Å²) in [6.07, 6.45) is 0.315. The summed E-state index contributed by atoms with van der Waals surface area (Å²) in [7, 11) is 0. The lowest BCUT2D eigenvalue weighted by Crippen LogP contribution is -2.53. The predicted octanol–water partition coefficient (Wildman–Crippen LogP) is 4.25. The fourth-order valence-corrected chi connectivity index (χ4v) is 4.86. The standard InChI is InChI=1S/C30H33FN2O4/c1-21(34)32-28(17-24-15-25(31)18-26(16-24)37-20-23-11-6-3-7-12-23)29(35)27-13-8-14-33(30(27)36)19-22-9-4-2-5-10-22/h2-7,9-12,15-16,18,27-29,35H,8,13-14,17,19-20H2,1H3,(H,32,34)/t27-,28-,29+/m0/s1. The number of aliphatic hydroxyl groups is 1. The Morgan fingerprint density at radius 3 is 2.41 bits per heavy atom. The van der Waals surface area contributed by atoms with Gasteiger partial charge in [0.15, 0.2) is 0 Å². The van der Waals surface area contributed by atoms with Crippen molar-refractivity contribution in [3.8, 4) is 5.75 Å². The summed E-state index contributed by atoms with van der Waals surface area (Å²) in [5, 5.41) is 14.1. The van der Waals surface area contributed by atoms with Crippen LogP contribution in [0.2, 0.25) is 0 Å². The first-order valence-corrected chi connectivity index (χ1v) is 12.6. The van der Waals surface area contributed by atoms with Gasteiger partial charge in [0, 0.05) is 26.1 Å². The Balaban J connectivity index is 1.47. The second-order valence-corrected chi connectivity index (χ2v) is 9.57. The third-order valence-corrected chi connectivity index (χ3v) is 6.64. The quantitative estimate of drug-likeness (QED) is 0.433. The summed E-state index contributed by atoms with van der Waals surface area (Å²) in [5.41, 5.74) is 2.54. The van der Waals surface area contributed by atoms with Crippen molar-refractivity contribution in [2.24, 2.45) is 5.92 Å². The normalized spacial score (nSPS) is 17.2. The lowest BCUT2D eigenvalue weighted by molar-refractivity contribution is -0.145. The number of hydrogen-bond acceptors (Lipinski definition) is 4. The highest BCUT2D eigenvalue weighted by Gasteiger charge is 2.38. The predicted molar refractivity (Wildman–Crippen MR) is 139 cm³/mol. The van der Waals surface area contributed by atoms with Crippen LogP contribution < -0.4 is 10.1 Å². The molecule has 4 rings (SSSR count). The van der Waals surface area contributed by atoms with Gasteiger partial charge in [-0.25, -0.2) is 4.39 Å². The Kier molecular flexibility index (Phi) is 8.90. The molecule has 2 amide bonds. The van der Waals surface area contributed by atoms with Crippen LogP contribution in [0.5, 0.6) is 5.75 Å². The van der Waals surface area contributed by atoms with Gasteiger partial charge in [0.1, 0.15) is 18.2 Å². The molecule has 6 nitrogen and oxygen atoms in total. The first-order valence-electron chi connectivity index (χ1n) is 12.6. The van der Waals surface area contributed by atoms with Gasteiger partial charge >= 0.3 is 0 Å². The van der Waals surface area contributed by atoms with Gasteiger partial charge < -0.3 is 20.1 Å². The Morgan fingerprint density at radius 2 is 1.73 bits per heavy atom. The molecule has 1 saturated heterocycles. The maximum Gasteiger partial charge on any atom is 0.228 e. The van der Waals surface area contributed by atoms with Crippen LogP contribution >= 0.6 is 0 Å². The van der Waals surface area contributed by atoms with Crippen molar-refractivity contribution in [3.63, 3.8) is 0 Å². The van der Waals surface area contributed by atoms with Crippen molar-refractivity contribution < 1.29 is 23.8 Å². The van der Waals surface area contributed by atoms with Crippen LogP contribution in [0.4, 0.5) is 4.39 Å². The SMILES string of the molecule is CC(=O)N[C@@H](Cc1cc(F)cc(OCc2ccccc2)c1)[C@H](O)[C@@H]1CCCN(Cc2ccccc2)C1=O. The van der Waals surface area contributed by atoms with E-state index >= 15 is 0 Å². The smallest absolute Gasteiger partial charge is 0.228 e. The van der Waals surface area contributed by atoms with E-state index in [0.29, 0.717) is 30.8 Å². The Hall–Kier alpha value is -3.71. The largest absolute Gasteiger partial charge is 0.489 e. The first kappa shape index (κ1) is 26.4. The molecule has 0 radical (unpaired) electrons. The van der Waals surface area contributed by atoms with E-state index in [9.17, 15) is 19.1 Å². The molecule has 0 bridgehead atoms. The number of amides is 2. The van der Waals surface area contributed by atoms with Gasteiger partial charge in [-0.05, 0) is 48.1 Å². The number of aliphatic hydroxyl groups excluding tert-OH is 1. The van der Waals surface area contributed by atoms with Crippen molar-refractivity contribution >= 4 is 11.8 Å². The summed E-state index contributed by atoms with van der Waals surface area (Å²) >= 11 is 0. The Morgan fingerprint density at radius 1 is 1.05 bits per heavy atom. The number of carbonyl (C=O) groups is 2. The summed E-state index contributed by atoms with van der Waals surface area (Å²) in [6, 6.07) is 22.9. The molecular formula is C30H33FN2O4. The van der Waals surface area contributed by atoms with E-state index in [0.717, 1.165) is 17.5 Å². The van der Waals surface area contributed by atoms with Gasteiger partial charge in [0.2, 0.25) is 11.8 Å². The minimum atomic E-state index is -1.12. The van der Waals surface area contributed by atoms with Crippen molar-refractivity contribution in [2.75, 3.05) is 6.54 Å². The molecule has 0 spiro atoms. The highest BCUT2D eigenvalue weighted by atomic mass is 19.1. The minimum absolute atomic E-state index is 0.135. The van der Waals surface area contributed by atoms with Crippen LogP contribution in [-0.4, -0.2) is 40.5 Å². The zero-order chi connectivity index (χ0) is 26.2. The number of carbonyl (C=O) groups excluding carboxylic acids is 2. The van der Waals surface area contributed by atoms with Crippen LogP contribution in [0.25, 0.3) is 0 Å². The number of ether oxygens (including phenoxy) is 1. The van der Waals surface area contributed by atoms with E-state index in [1.807, 2.05) is 60.7 Å². The third-order valence-electron chi connectivity index (χ3n) is 6.64. The number of likely N-dealkylation sites (tertiary alicyclic amines) is 1. The summed E-state index contributed by atoms with van der Waals surface area (Å²) in [4.78, 5) is 27.1. The third kappa shape index (κ3) is 7.40. The van der Waals surface area contributed by atoms with Gasteiger partial charge in [-0.15, -0.1) is 0 Å². The van der Waals surface area contributed by atoms with Gasteiger partial charge in [0.25, 0.3) is 0 Å². The zero-order valence-corrected chi connectivity index (χ0v) is 21.0. The molecule has 0 unspecified atom stereocenters. The summed E-state index contributed by atoms with van der Waals surface area (Å²) in [6.45, 7) is 2.74. The van der Waals surface area contributed by atoms with Crippen LogP contribution in [0.15, 0.2) is 78.9 Å². The van der Waals surface area contributed by atoms with Gasteiger partial charge in [0.05, 0.1) is 18.1 Å². The lowest BCUT2D eigenvalue weighted by Gasteiger charge is -2.37. The molecule has 0 saturated carbocycles. The zero-order valence-electron chi connectivity index (χ0n) is 21.0. The summed E-state index contributed by atoms with van der Waals surface area (Å²) in [5.74, 6) is -1.23. The van der Waals surface area contributed by atoms with Crippen LogP contribution in [0.1, 0.15) is 36.5 Å². The topological polar surface area (TPSA) is 78.9 Å². The molecule has 7 heteroatoms. The van der Waals surface area contributed by atoms with Crippen molar-refractivity contribution in [1.82, 2.24) is 10.2 Å². The fraction of sp³-hybridized carbons (Fsp3) is 0.333. The second-order valence-electron chi connectivity index (χ2n) is 9.57. The maximum atomic E-state index is 14.5. The highest BCUT2D eigenvalue weighted by Crippen LogP contribution is 2.27. The van der Waals surface area contributed by atoms with Gasteiger partial charge in [-0.3, -0.25) is 9.59 Å². The average molecular weight is 505 g/mol. The average Bonchev–Trinajstić information content (AvgIpc) is 2.89. The molecule has 194 valence electrons. The molecule has 1 aliphatic heterocycles. The molecule has 1 fully saturated rings. The second kappa shape index (κ2) is 12.5. The van der Waals surface area contributed by atoms with Gasteiger partial charge in [-0.2, -0.15) is 0 Å². The van der Waals surface area contributed by atoms with E-state index < -0.39 is 23.9 Å². The molecule has 3 aromatic rings. The monoisotopic (exact) mass is 504 g/mol. The molecule has 0 aromatic heterocycles. The highest BCUT2D eigenvalue weighted by molar-refractivity contribution is 5.80. The molecule has 3 aromatic carbocycles. The van der Waals surface area contributed by atoms with Gasteiger partial charge in [-0.1, -0.05) is 60.7 Å². The lowest BCUT2D eigenvalue weighted by atomic mass is 9.85. The number of nitrogens with zero attached hydrogens (tertiary/aromatic N) is 1. The Bertz CT molecular complexity index is 1190. The number of piperidine rings is 1. The molecule has 0 aliphatic carbocycles. The molecule has 37 heavy (non-hydrogen) atoms.